The molecule has 3 atom stereocenters. The van der Waals surface area contributed by atoms with E-state index in [0.29, 0.717) is 0 Å². The minimum absolute atomic E-state index is 0.0427. The smallest absolute Gasteiger partial charge is 0.417 e. The minimum Gasteiger partial charge on any atom is -0.443 e. The maximum Gasteiger partial charge on any atom is 0.417 e. The highest BCUT2D eigenvalue weighted by molar-refractivity contribution is 5.96. The highest BCUT2D eigenvalue weighted by Gasteiger charge is 2.51. The number of benzene rings is 2. The fourth-order valence-corrected chi connectivity index (χ4v) is 4.90. The standard InChI is InChI=1S/C26H32N2O3/c1-26(2,3)31-25(30)28-21-14-15-23(22(16-21)24(28)29)27(17-19-10-6-4-7-11-19)18-20-12-8-5-9-13-20/h4-13,21-23H,14-18H2,1-3H3/t21-,22-,23+/m1/s1. The maximum absolute atomic E-state index is 13.3. The first-order valence-corrected chi connectivity index (χ1v) is 11.2. The van der Waals surface area contributed by atoms with E-state index in [1.54, 1.807) is 0 Å². The van der Waals surface area contributed by atoms with E-state index in [9.17, 15) is 9.59 Å². The third-order valence-electron chi connectivity index (χ3n) is 6.22. The Kier molecular flexibility index (Phi) is 6.15. The van der Waals surface area contributed by atoms with Crippen molar-refractivity contribution in [2.75, 3.05) is 0 Å². The summed E-state index contributed by atoms with van der Waals surface area (Å²) < 4.78 is 5.54. The van der Waals surface area contributed by atoms with Gasteiger partial charge in [0, 0.05) is 25.2 Å². The van der Waals surface area contributed by atoms with Crippen molar-refractivity contribution in [3.8, 4) is 0 Å². The zero-order valence-electron chi connectivity index (χ0n) is 18.7. The van der Waals surface area contributed by atoms with E-state index in [1.807, 2.05) is 32.9 Å². The van der Waals surface area contributed by atoms with Gasteiger partial charge in [0.25, 0.3) is 0 Å². The molecule has 2 amide bonds. The van der Waals surface area contributed by atoms with Crippen molar-refractivity contribution in [3.05, 3.63) is 71.8 Å². The lowest BCUT2D eigenvalue weighted by molar-refractivity contribution is -0.132. The van der Waals surface area contributed by atoms with Gasteiger partial charge in [0.15, 0.2) is 0 Å². The van der Waals surface area contributed by atoms with Gasteiger partial charge < -0.3 is 4.74 Å². The summed E-state index contributed by atoms with van der Waals surface area (Å²) in [6, 6.07) is 20.9. The topological polar surface area (TPSA) is 49.9 Å². The lowest BCUT2D eigenvalue weighted by atomic mass is 9.84. The van der Waals surface area contributed by atoms with Crippen LogP contribution in [0.3, 0.4) is 0 Å². The number of hydrogen-bond acceptors (Lipinski definition) is 4. The van der Waals surface area contributed by atoms with Crippen LogP contribution in [0.25, 0.3) is 0 Å². The lowest BCUT2D eigenvalue weighted by Gasteiger charge is -2.37. The van der Waals surface area contributed by atoms with E-state index >= 15 is 0 Å². The molecule has 5 nitrogen and oxygen atoms in total. The summed E-state index contributed by atoms with van der Waals surface area (Å²) in [5.74, 6) is -0.244. The van der Waals surface area contributed by atoms with E-state index in [-0.39, 0.29) is 23.9 Å². The molecule has 2 fully saturated rings. The first kappa shape index (κ1) is 21.6. The Labute approximate surface area is 185 Å². The van der Waals surface area contributed by atoms with Gasteiger partial charge in [-0.1, -0.05) is 60.7 Å². The summed E-state index contributed by atoms with van der Waals surface area (Å²) in [6.45, 7) is 7.06. The molecule has 0 spiro atoms. The molecule has 4 rings (SSSR count). The highest BCUT2D eigenvalue weighted by atomic mass is 16.6. The molecule has 1 aliphatic carbocycles. The summed E-state index contributed by atoms with van der Waals surface area (Å²) >= 11 is 0. The van der Waals surface area contributed by atoms with E-state index < -0.39 is 11.7 Å². The van der Waals surface area contributed by atoms with Crippen LogP contribution in [-0.4, -0.2) is 39.5 Å². The van der Waals surface area contributed by atoms with Crippen LogP contribution in [-0.2, 0) is 22.6 Å². The third-order valence-corrected chi connectivity index (χ3v) is 6.22. The maximum atomic E-state index is 13.3. The summed E-state index contributed by atoms with van der Waals surface area (Å²) in [7, 11) is 0. The van der Waals surface area contributed by atoms with Crippen molar-refractivity contribution in [1.82, 2.24) is 9.80 Å². The van der Waals surface area contributed by atoms with Gasteiger partial charge in [-0.2, -0.15) is 0 Å². The number of rotatable bonds is 5. The summed E-state index contributed by atoms with van der Waals surface area (Å²) in [6.07, 6.45) is 1.96. The second-order valence-electron chi connectivity index (χ2n) is 9.71. The summed E-state index contributed by atoms with van der Waals surface area (Å²) in [4.78, 5) is 29.9. The second kappa shape index (κ2) is 8.83. The fraction of sp³-hybridized carbons (Fsp3) is 0.462. The number of fused-ring (bicyclic) bond motifs is 2. The Balaban J connectivity index is 1.56. The van der Waals surface area contributed by atoms with Gasteiger partial charge >= 0.3 is 6.09 Å². The molecular formula is C26H32N2O3. The van der Waals surface area contributed by atoms with Crippen molar-refractivity contribution < 1.29 is 14.3 Å². The third kappa shape index (κ3) is 4.99. The number of imide groups is 1. The van der Waals surface area contributed by atoms with E-state index in [2.05, 4.69) is 53.4 Å². The highest BCUT2D eigenvalue weighted by Crippen LogP contribution is 2.40. The van der Waals surface area contributed by atoms with Crippen molar-refractivity contribution in [2.24, 2.45) is 5.92 Å². The van der Waals surface area contributed by atoms with Crippen LogP contribution in [0.15, 0.2) is 60.7 Å². The first-order valence-electron chi connectivity index (χ1n) is 11.2. The van der Waals surface area contributed by atoms with Gasteiger partial charge in [0.2, 0.25) is 5.91 Å². The van der Waals surface area contributed by atoms with Crippen LogP contribution < -0.4 is 0 Å². The molecule has 1 heterocycles. The zero-order valence-corrected chi connectivity index (χ0v) is 18.7. The number of nitrogens with zero attached hydrogens (tertiary/aromatic N) is 2. The van der Waals surface area contributed by atoms with Gasteiger partial charge in [-0.15, -0.1) is 0 Å². The SMILES string of the molecule is CC(C)(C)OC(=O)N1C(=O)[C@@H]2C[C@H]1CC[C@@H]2N(Cc1ccccc1)Cc1ccccc1. The summed E-state index contributed by atoms with van der Waals surface area (Å²) in [5, 5.41) is 0. The number of amides is 2. The molecule has 0 N–H and O–H groups in total. The molecule has 2 aromatic carbocycles. The largest absolute Gasteiger partial charge is 0.443 e. The molecule has 2 bridgehead atoms. The quantitative estimate of drug-likeness (QED) is 0.683. The number of carbonyl (C=O) groups is 2. The van der Waals surface area contributed by atoms with Crippen LogP contribution in [0.1, 0.15) is 51.2 Å². The molecule has 1 aliphatic heterocycles. The molecule has 1 saturated heterocycles. The molecule has 0 aromatic heterocycles. The Morgan fingerprint density at radius 1 is 0.968 bits per heavy atom. The monoisotopic (exact) mass is 420 g/mol. The number of hydrogen-bond donors (Lipinski definition) is 0. The molecule has 5 heteroatoms. The van der Waals surface area contributed by atoms with Gasteiger partial charge in [-0.05, 0) is 51.2 Å². The Morgan fingerprint density at radius 3 is 2.03 bits per heavy atom. The molecule has 1 saturated carbocycles. The molecule has 31 heavy (non-hydrogen) atoms. The molecule has 164 valence electrons. The van der Waals surface area contributed by atoms with Crippen molar-refractivity contribution in [1.29, 1.82) is 0 Å². The van der Waals surface area contributed by atoms with Gasteiger partial charge in [-0.3, -0.25) is 9.69 Å². The lowest BCUT2D eigenvalue weighted by Crippen LogP contribution is -2.44. The van der Waals surface area contributed by atoms with Crippen molar-refractivity contribution in [2.45, 2.75) is 70.8 Å². The molecule has 0 unspecified atom stereocenters. The first-order chi connectivity index (χ1) is 14.8. The second-order valence-corrected chi connectivity index (χ2v) is 9.71. The number of likely N-dealkylation sites (tertiary alicyclic amines) is 1. The molecule has 0 radical (unpaired) electrons. The van der Waals surface area contributed by atoms with Gasteiger partial charge in [-0.25, -0.2) is 9.69 Å². The number of ether oxygens (including phenoxy) is 1. The predicted molar refractivity (Wildman–Crippen MR) is 120 cm³/mol. The van der Waals surface area contributed by atoms with Gasteiger partial charge in [0.05, 0.1) is 5.92 Å². The van der Waals surface area contributed by atoms with Crippen LogP contribution in [0.5, 0.6) is 0 Å². The zero-order chi connectivity index (χ0) is 22.0. The Hall–Kier alpha value is -2.66. The van der Waals surface area contributed by atoms with Crippen LogP contribution >= 0.6 is 0 Å². The molecular weight excluding hydrogens is 388 g/mol. The molecule has 2 aliphatic rings. The van der Waals surface area contributed by atoms with E-state index in [1.165, 1.54) is 16.0 Å². The van der Waals surface area contributed by atoms with Crippen LogP contribution in [0.4, 0.5) is 4.79 Å². The van der Waals surface area contributed by atoms with Crippen molar-refractivity contribution in [3.63, 3.8) is 0 Å². The molecule has 2 aromatic rings. The average Bonchev–Trinajstić information content (AvgIpc) is 2.98. The summed E-state index contributed by atoms with van der Waals surface area (Å²) in [5.41, 5.74) is 1.85. The Morgan fingerprint density at radius 2 is 1.52 bits per heavy atom. The van der Waals surface area contributed by atoms with Crippen LogP contribution in [0, 0.1) is 5.92 Å². The Bertz CT molecular complexity index is 866. The normalized spacial score (nSPS) is 23.3. The van der Waals surface area contributed by atoms with Gasteiger partial charge in [0.1, 0.15) is 5.60 Å². The predicted octanol–water partition coefficient (Wildman–Crippen LogP) is 5.00. The van der Waals surface area contributed by atoms with E-state index in [0.717, 1.165) is 32.4 Å². The van der Waals surface area contributed by atoms with Crippen molar-refractivity contribution >= 4 is 12.0 Å². The average molecular weight is 421 g/mol. The number of carbonyl (C=O) groups excluding carboxylic acids is 2. The van der Waals surface area contributed by atoms with Crippen LogP contribution in [0.2, 0.25) is 0 Å². The van der Waals surface area contributed by atoms with E-state index in [4.69, 9.17) is 4.74 Å². The fourth-order valence-electron chi connectivity index (χ4n) is 4.90. The minimum atomic E-state index is -0.611.